The Bertz CT molecular complexity index is 550. The van der Waals surface area contributed by atoms with Gasteiger partial charge in [0.05, 0.1) is 5.02 Å². The maximum Gasteiger partial charge on any atom is 0.0554 e. The van der Waals surface area contributed by atoms with Crippen molar-refractivity contribution in [3.8, 4) is 10.4 Å². The molecule has 0 radical (unpaired) electrons. The molecule has 0 amide bonds. The van der Waals surface area contributed by atoms with Crippen molar-refractivity contribution in [2.24, 2.45) is 11.7 Å². The van der Waals surface area contributed by atoms with Crippen molar-refractivity contribution in [1.82, 2.24) is 0 Å². The van der Waals surface area contributed by atoms with E-state index in [9.17, 15) is 0 Å². The fourth-order valence-electron chi connectivity index (χ4n) is 1.70. The Morgan fingerprint density at radius 2 is 1.94 bits per heavy atom. The van der Waals surface area contributed by atoms with Crippen LogP contribution < -0.4 is 5.73 Å². The summed E-state index contributed by atoms with van der Waals surface area (Å²) >= 11 is 11.4. The SMILES string of the molecule is CC(C)C(N)c1ccc(-c2cccc(Cl)c2Br)s1. The number of hydrogen-bond donors (Lipinski definition) is 1. The minimum absolute atomic E-state index is 0.0988. The largest absolute Gasteiger partial charge is 0.323 e. The molecule has 0 saturated heterocycles. The molecule has 1 heterocycles. The van der Waals surface area contributed by atoms with Crippen molar-refractivity contribution in [3.63, 3.8) is 0 Å². The van der Waals surface area contributed by atoms with E-state index in [4.69, 9.17) is 17.3 Å². The molecule has 0 bridgehead atoms. The summed E-state index contributed by atoms with van der Waals surface area (Å²) in [6, 6.07) is 10.2. The van der Waals surface area contributed by atoms with Crippen LogP contribution in [0, 0.1) is 5.92 Å². The molecule has 0 aliphatic rings. The number of nitrogens with two attached hydrogens (primary N) is 1. The Labute approximate surface area is 125 Å². The zero-order chi connectivity index (χ0) is 13.3. The zero-order valence-electron chi connectivity index (χ0n) is 10.3. The monoisotopic (exact) mass is 343 g/mol. The van der Waals surface area contributed by atoms with E-state index in [2.05, 4.69) is 48.0 Å². The third kappa shape index (κ3) is 2.80. The van der Waals surface area contributed by atoms with Crippen LogP contribution >= 0.6 is 38.9 Å². The van der Waals surface area contributed by atoms with E-state index in [1.807, 2.05) is 12.1 Å². The molecule has 0 fully saturated rings. The highest BCUT2D eigenvalue weighted by Crippen LogP contribution is 2.39. The molecule has 0 spiro atoms. The summed E-state index contributed by atoms with van der Waals surface area (Å²) in [7, 11) is 0. The highest BCUT2D eigenvalue weighted by Gasteiger charge is 2.15. The predicted molar refractivity (Wildman–Crippen MR) is 84.2 cm³/mol. The second-order valence-electron chi connectivity index (χ2n) is 4.57. The summed E-state index contributed by atoms with van der Waals surface area (Å²) < 4.78 is 0.943. The second kappa shape index (κ2) is 5.74. The van der Waals surface area contributed by atoms with Crippen LogP contribution in [0.15, 0.2) is 34.8 Å². The molecule has 2 rings (SSSR count). The lowest BCUT2D eigenvalue weighted by atomic mass is 10.0. The van der Waals surface area contributed by atoms with Gasteiger partial charge in [-0.15, -0.1) is 11.3 Å². The van der Waals surface area contributed by atoms with Gasteiger partial charge in [0.15, 0.2) is 0 Å². The molecule has 1 aromatic carbocycles. The van der Waals surface area contributed by atoms with Gasteiger partial charge in [-0.25, -0.2) is 0 Å². The highest BCUT2D eigenvalue weighted by atomic mass is 79.9. The lowest BCUT2D eigenvalue weighted by Gasteiger charge is -2.13. The molecule has 2 N–H and O–H groups in total. The molecule has 2 aromatic rings. The first-order valence-corrected chi connectivity index (χ1v) is 7.79. The topological polar surface area (TPSA) is 26.0 Å². The lowest BCUT2D eigenvalue weighted by molar-refractivity contribution is 0.521. The number of halogens is 2. The van der Waals surface area contributed by atoms with Crippen LogP contribution in [0.4, 0.5) is 0 Å². The Morgan fingerprint density at radius 3 is 2.61 bits per heavy atom. The van der Waals surface area contributed by atoms with Crippen molar-refractivity contribution in [2.45, 2.75) is 19.9 Å². The Kier molecular flexibility index (Phi) is 4.49. The van der Waals surface area contributed by atoms with Gasteiger partial charge in [0, 0.05) is 25.8 Å². The normalized spacial score (nSPS) is 13.0. The van der Waals surface area contributed by atoms with Crippen molar-refractivity contribution >= 4 is 38.9 Å². The molecule has 1 unspecified atom stereocenters. The maximum absolute atomic E-state index is 6.17. The van der Waals surface area contributed by atoms with Gasteiger partial charge in [-0.3, -0.25) is 0 Å². The number of hydrogen-bond acceptors (Lipinski definition) is 2. The molecular formula is C14H15BrClNS. The van der Waals surface area contributed by atoms with E-state index in [1.54, 1.807) is 11.3 Å². The number of rotatable bonds is 3. The second-order valence-corrected chi connectivity index (χ2v) is 6.89. The summed E-state index contributed by atoms with van der Waals surface area (Å²) in [5, 5.41) is 0.732. The Hall–Kier alpha value is -0.350. The quantitative estimate of drug-likeness (QED) is 0.783. The van der Waals surface area contributed by atoms with Gasteiger partial charge >= 0.3 is 0 Å². The summed E-state index contributed by atoms with van der Waals surface area (Å²) in [6.07, 6.45) is 0. The van der Waals surface area contributed by atoms with Gasteiger partial charge in [-0.05, 0) is 40.0 Å². The van der Waals surface area contributed by atoms with Gasteiger partial charge in [0.25, 0.3) is 0 Å². The molecule has 96 valence electrons. The van der Waals surface area contributed by atoms with Gasteiger partial charge in [-0.1, -0.05) is 37.6 Å². The van der Waals surface area contributed by atoms with E-state index in [0.717, 1.165) is 15.1 Å². The molecule has 1 aromatic heterocycles. The van der Waals surface area contributed by atoms with Gasteiger partial charge < -0.3 is 5.73 Å². The first kappa shape index (κ1) is 14.1. The fraction of sp³-hybridized carbons (Fsp3) is 0.286. The molecule has 18 heavy (non-hydrogen) atoms. The maximum atomic E-state index is 6.17. The smallest absolute Gasteiger partial charge is 0.0554 e. The fourth-order valence-corrected chi connectivity index (χ4v) is 3.70. The van der Waals surface area contributed by atoms with Crippen molar-refractivity contribution < 1.29 is 0 Å². The van der Waals surface area contributed by atoms with Crippen LogP contribution in [-0.4, -0.2) is 0 Å². The number of thiophene rings is 1. The summed E-state index contributed by atoms with van der Waals surface area (Å²) in [6.45, 7) is 4.28. The molecule has 0 saturated carbocycles. The Morgan fingerprint density at radius 1 is 1.22 bits per heavy atom. The third-order valence-electron chi connectivity index (χ3n) is 2.89. The summed E-state index contributed by atoms with van der Waals surface area (Å²) in [4.78, 5) is 2.40. The number of benzene rings is 1. The summed E-state index contributed by atoms with van der Waals surface area (Å²) in [5.74, 6) is 0.444. The molecule has 0 aliphatic heterocycles. The van der Waals surface area contributed by atoms with Crippen molar-refractivity contribution in [2.75, 3.05) is 0 Å². The molecule has 0 aliphatic carbocycles. The predicted octanol–water partition coefficient (Wildman–Crippen LogP) is 5.49. The van der Waals surface area contributed by atoms with Crippen molar-refractivity contribution in [3.05, 3.63) is 44.7 Å². The van der Waals surface area contributed by atoms with Gasteiger partial charge in [0.1, 0.15) is 0 Å². The van der Waals surface area contributed by atoms with E-state index in [1.165, 1.54) is 9.75 Å². The minimum atomic E-state index is 0.0988. The van der Waals surface area contributed by atoms with Crippen LogP contribution in [0.5, 0.6) is 0 Å². The molecule has 1 nitrogen and oxygen atoms in total. The van der Waals surface area contributed by atoms with E-state index in [0.29, 0.717) is 5.92 Å². The van der Waals surface area contributed by atoms with E-state index >= 15 is 0 Å². The molecule has 1 atom stereocenters. The average molecular weight is 345 g/mol. The zero-order valence-corrected chi connectivity index (χ0v) is 13.4. The molecular weight excluding hydrogens is 330 g/mol. The highest BCUT2D eigenvalue weighted by molar-refractivity contribution is 9.10. The standard InChI is InChI=1S/C14H15BrClNS/c1-8(2)14(17)12-7-6-11(18-12)9-4-3-5-10(16)13(9)15/h3-8,14H,17H2,1-2H3. The minimum Gasteiger partial charge on any atom is -0.323 e. The average Bonchev–Trinajstić information content (AvgIpc) is 2.80. The van der Waals surface area contributed by atoms with Gasteiger partial charge in [0.2, 0.25) is 0 Å². The third-order valence-corrected chi connectivity index (χ3v) is 5.51. The van der Waals surface area contributed by atoms with Crippen LogP contribution in [0.3, 0.4) is 0 Å². The van der Waals surface area contributed by atoms with Crippen LogP contribution in [0.2, 0.25) is 5.02 Å². The van der Waals surface area contributed by atoms with Crippen LogP contribution in [0.25, 0.3) is 10.4 Å². The summed E-state index contributed by atoms with van der Waals surface area (Å²) in [5.41, 5.74) is 7.29. The van der Waals surface area contributed by atoms with E-state index in [-0.39, 0.29) is 6.04 Å². The first-order chi connectivity index (χ1) is 8.50. The first-order valence-electron chi connectivity index (χ1n) is 5.80. The lowest BCUT2D eigenvalue weighted by Crippen LogP contribution is -2.14. The van der Waals surface area contributed by atoms with Crippen LogP contribution in [-0.2, 0) is 0 Å². The van der Waals surface area contributed by atoms with Crippen LogP contribution in [0.1, 0.15) is 24.8 Å². The van der Waals surface area contributed by atoms with E-state index < -0.39 is 0 Å². The van der Waals surface area contributed by atoms with Gasteiger partial charge in [-0.2, -0.15) is 0 Å². The Balaban J connectivity index is 2.38. The molecule has 4 heteroatoms. The van der Waals surface area contributed by atoms with Crippen molar-refractivity contribution in [1.29, 1.82) is 0 Å².